The molecule has 0 spiro atoms. The summed E-state index contributed by atoms with van der Waals surface area (Å²) in [5, 5.41) is 41.3. The van der Waals surface area contributed by atoms with Gasteiger partial charge in [-0.25, -0.2) is 8.78 Å². The zero-order valence-electron chi connectivity index (χ0n) is 38.6. The third kappa shape index (κ3) is 11.8. The number of rotatable bonds is 23. The van der Waals surface area contributed by atoms with E-state index in [2.05, 4.69) is 31.9 Å². The molecule has 0 bridgehead atoms. The van der Waals surface area contributed by atoms with Crippen LogP contribution in [0.1, 0.15) is 52.4 Å². The van der Waals surface area contributed by atoms with Gasteiger partial charge in [0.15, 0.2) is 0 Å². The van der Waals surface area contributed by atoms with Gasteiger partial charge in [0, 0.05) is 76.5 Å². The molecule has 2 aliphatic rings. The molecule has 4 aromatic rings. The number of likely N-dealkylation sites (tertiary alicyclic amines) is 2. The molecule has 362 valence electrons. The molecular weight excluding hydrogens is 859 g/mol. The molecule has 0 aliphatic carbocycles. The highest BCUT2D eigenvalue weighted by atomic mass is 19.1. The first-order chi connectivity index (χ1) is 31.7. The van der Waals surface area contributed by atoms with Crippen LogP contribution in [0.5, 0.6) is 0 Å². The fraction of sp³-hybridized carbons (Fsp3) is 0.565. The quantitative estimate of drug-likeness (QED) is 0.0502. The third-order valence-electron chi connectivity index (χ3n) is 12.7. The number of fused-ring (bicyclic) bond motifs is 2. The molecule has 2 aliphatic heterocycles. The maximum atomic E-state index is 15.1. The Bertz CT molecular complexity index is 2150. The molecule has 6 rings (SSSR count). The van der Waals surface area contributed by atoms with Gasteiger partial charge in [-0.1, -0.05) is 0 Å². The van der Waals surface area contributed by atoms with E-state index in [9.17, 15) is 29.4 Å². The van der Waals surface area contributed by atoms with Crippen molar-refractivity contribution in [3.63, 3.8) is 0 Å². The lowest BCUT2D eigenvalue weighted by molar-refractivity contribution is -0.138. The van der Waals surface area contributed by atoms with Crippen molar-refractivity contribution in [1.82, 2.24) is 40.4 Å². The van der Waals surface area contributed by atoms with E-state index in [1.807, 2.05) is 0 Å². The number of methoxy groups -OCH3 is 2. The Hall–Kier alpha value is -5.38. The summed E-state index contributed by atoms with van der Waals surface area (Å²) in [5.74, 6) is -2.28. The summed E-state index contributed by atoms with van der Waals surface area (Å²) in [4.78, 5) is 57.1. The Kier molecular flexibility index (Phi) is 17.4. The van der Waals surface area contributed by atoms with E-state index >= 15 is 8.78 Å². The van der Waals surface area contributed by atoms with Gasteiger partial charge >= 0.3 is 0 Å². The molecular formula is C46H66F2N10O8. The van der Waals surface area contributed by atoms with Crippen molar-refractivity contribution in [3.05, 3.63) is 60.4 Å². The van der Waals surface area contributed by atoms with Gasteiger partial charge in [0.2, 0.25) is 23.6 Å². The Morgan fingerprint density at radius 3 is 1.44 bits per heavy atom. The smallest absolute Gasteiger partial charge is 0.245 e. The van der Waals surface area contributed by atoms with Crippen molar-refractivity contribution in [2.24, 2.45) is 0 Å². The Morgan fingerprint density at radius 2 is 1.08 bits per heavy atom. The van der Waals surface area contributed by atoms with Crippen LogP contribution in [0.25, 0.3) is 21.8 Å². The molecule has 4 amide bonds. The number of hydrogen-bond donors (Lipinski definition) is 8. The lowest BCUT2D eigenvalue weighted by atomic mass is 10.1. The molecule has 18 nitrogen and oxygen atoms in total. The van der Waals surface area contributed by atoms with Crippen LogP contribution in [0, 0.1) is 11.6 Å². The zero-order valence-corrected chi connectivity index (χ0v) is 38.6. The van der Waals surface area contributed by atoms with Crippen molar-refractivity contribution in [1.29, 1.82) is 0 Å². The number of ether oxygens (including phenoxy) is 2. The second-order valence-corrected chi connectivity index (χ2v) is 17.3. The number of hydrogen-bond acceptors (Lipinski definition) is 12. The van der Waals surface area contributed by atoms with Crippen LogP contribution >= 0.6 is 0 Å². The number of nitrogens with zero attached hydrogens (tertiary/aromatic N) is 4. The highest BCUT2D eigenvalue weighted by Gasteiger charge is 2.39. The lowest BCUT2D eigenvalue weighted by Gasteiger charge is -2.30. The third-order valence-corrected chi connectivity index (χ3v) is 12.7. The first-order valence-electron chi connectivity index (χ1n) is 22.7. The minimum Gasteiger partial charge on any atom is -0.391 e. The SMILES string of the molecule is CN[C@@H](C)C(=O)N[C@@H](CCCOC)C(=O)N1C[C@@H](O)C[C@H]1CNc1cn(-n2cc(NC[C@@H]3C[C@H](O)CN3C(=O)[C@H](CCCOC)NC(=O)[C@H](C)NC)c3ccc(F)cc32)c2cc(F)ccc12. The number of aromatic nitrogens is 2. The zero-order chi connectivity index (χ0) is 47.7. The number of nitrogens with one attached hydrogen (secondary N) is 6. The highest BCUT2D eigenvalue weighted by molar-refractivity contribution is 5.96. The maximum absolute atomic E-state index is 15.1. The van der Waals surface area contributed by atoms with Gasteiger partial charge in [0.1, 0.15) is 23.7 Å². The average Bonchev–Trinajstić information content (AvgIpc) is 4.07. The molecule has 8 N–H and O–H groups in total. The number of benzene rings is 2. The standard InChI is InChI=1S/C46H66F2N10O8/c1-27(49-3)43(61)53-37(9-7-15-65-5)45(63)55-23-33(59)19-31(55)21-51-39-25-57(41-17-29(47)11-13-35(39)41)58-26-40(36-14-12-30(48)18-42(36)58)52-22-32-20-34(60)24-56(32)46(64)38(10-8-16-66-6)54-44(62)28(2)50-4/h11-14,17-18,25-28,31-34,37-38,49-52,59-60H,7-10,15-16,19-24H2,1-6H3,(H,53,61)(H,54,62)/t27-,28-,31-,32-,33-,34-,37-,38-/m0/s1. The largest absolute Gasteiger partial charge is 0.391 e. The second kappa shape index (κ2) is 22.9. The van der Waals surface area contributed by atoms with Gasteiger partial charge < -0.3 is 61.4 Å². The summed E-state index contributed by atoms with van der Waals surface area (Å²) in [6.45, 7) is 4.80. The van der Waals surface area contributed by atoms with Gasteiger partial charge in [0.25, 0.3) is 0 Å². The molecule has 2 aromatic carbocycles. The Labute approximate surface area is 383 Å². The summed E-state index contributed by atoms with van der Waals surface area (Å²) in [7, 11) is 6.45. The molecule has 20 heteroatoms. The lowest BCUT2D eigenvalue weighted by Crippen LogP contribution is -2.54. The van der Waals surface area contributed by atoms with Crippen molar-refractivity contribution in [2.75, 3.05) is 78.3 Å². The first-order valence-corrected chi connectivity index (χ1v) is 22.7. The van der Waals surface area contributed by atoms with E-state index in [0.29, 0.717) is 72.1 Å². The normalized spacial score (nSPS) is 20.4. The van der Waals surface area contributed by atoms with Crippen LogP contribution < -0.4 is 31.9 Å². The second-order valence-electron chi connectivity index (χ2n) is 17.3. The predicted molar refractivity (Wildman–Crippen MR) is 247 cm³/mol. The topological polar surface area (TPSA) is 216 Å². The van der Waals surface area contributed by atoms with Crippen molar-refractivity contribution >= 4 is 56.8 Å². The number of carbonyl (C=O) groups is 4. The summed E-state index contributed by atoms with van der Waals surface area (Å²) >= 11 is 0. The van der Waals surface area contributed by atoms with E-state index in [1.54, 1.807) is 85.8 Å². The van der Waals surface area contributed by atoms with Crippen LogP contribution in [0.15, 0.2) is 48.8 Å². The van der Waals surface area contributed by atoms with Crippen LogP contribution in [-0.4, -0.2) is 169 Å². The van der Waals surface area contributed by atoms with Crippen LogP contribution in [0.4, 0.5) is 20.2 Å². The van der Waals surface area contributed by atoms with Gasteiger partial charge in [-0.15, -0.1) is 0 Å². The minimum absolute atomic E-state index is 0.0836. The fourth-order valence-electron chi connectivity index (χ4n) is 8.81. The van der Waals surface area contributed by atoms with E-state index in [-0.39, 0.29) is 62.6 Å². The number of aliphatic hydroxyl groups is 2. The molecule has 0 unspecified atom stereocenters. The number of halogens is 2. The molecule has 0 radical (unpaired) electrons. The minimum atomic E-state index is -0.836. The van der Waals surface area contributed by atoms with Gasteiger partial charge in [-0.2, -0.15) is 0 Å². The highest BCUT2D eigenvalue weighted by Crippen LogP contribution is 2.33. The van der Waals surface area contributed by atoms with E-state index in [1.165, 1.54) is 24.3 Å². The molecule has 8 atom stereocenters. The van der Waals surface area contributed by atoms with E-state index < -0.39 is 60.1 Å². The van der Waals surface area contributed by atoms with Crippen LogP contribution in [-0.2, 0) is 28.7 Å². The molecule has 2 aromatic heterocycles. The van der Waals surface area contributed by atoms with Crippen LogP contribution in [0.2, 0.25) is 0 Å². The summed E-state index contributed by atoms with van der Waals surface area (Å²) in [6, 6.07) is 5.04. The monoisotopic (exact) mass is 925 g/mol. The Morgan fingerprint density at radius 1 is 0.682 bits per heavy atom. The molecule has 2 saturated heterocycles. The predicted octanol–water partition coefficient (Wildman–Crippen LogP) is 1.97. The number of amides is 4. The van der Waals surface area contributed by atoms with Gasteiger partial charge in [-0.05, 0) is 90.7 Å². The summed E-state index contributed by atoms with van der Waals surface area (Å²) in [6.07, 6.45) is 4.24. The Balaban J connectivity index is 1.25. The number of β-amino-alcohol motifs (C(OH)–C–C–N with tert-alkyl or cyclic N) is 2. The molecule has 4 heterocycles. The van der Waals surface area contributed by atoms with Gasteiger partial charge in [0.05, 0.1) is 71.2 Å². The number of likely N-dealkylation sites (N-methyl/N-ethyl adjacent to an activating group) is 2. The average molecular weight is 925 g/mol. The first kappa shape index (κ1) is 50.0. The van der Waals surface area contributed by atoms with Crippen molar-refractivity contribution in [3.8, 4) is 0 Å². The fourth-order valence-corrected chi connectivity index (χ4v) is 8.81. The summed E-state index contributed by atoms with van der Waals surface area (Å²) in [5.41, 5.74) is 2.08. The molecule has 2 fully saturated rings. The molecule has 66 heavy (non-hydrogen) atoms. The van der Waals surface area contributed by atoms with Crippen molar-refractivity contribution in [2.45, 2.75) is 101 Å². The van der Waals surface area contributed by atoms with E-state index in [4.69, 9.17) is 9.47 Å². The van der Waals surface area contributed by atoms with Crippen LogP contribution in [0.3, 0.4) is 0 Å². The number of aliphatic hydroxyl groups excluding tert-OH is 2. The van der Waals surface area contributed by atoms with Crippen molar-refractivity contribution < 1.29 is 47.6 Å². The number of carbonyl (C=O) groups excluding carboxylic acids is 4. The summed E-state index contributed by atoms with van der Waals surface area (Å²) < 4.78 is 43.9. The van der Waals surface area contributed by atoms with E-state index in [0.717, 1.165) is 0 Å². The van der Waals surface area contributed by atoms with Gasteiger partial charge in [-0.3, -0.25) is 28.5 Å². The maximum Gasteiger partial charge on any atom is 0.245 e. The number of anilines is 2. The molecule has 0 saturated carbocycles.